The lowest BCUT2D eigenvalue weighted by atomic mass is 9.68. The van der Waals surface area contributed by atoms with Crippen molar-refractivity contribution in [3.63, 3.8) is 0 Å². The second kappa shape index (κ2) is 7.92. The van der Waals surface area contributed by atoms with Crippen LogP contribution >= 0.6 is 23.2 Å². The molecule has 0 radical (unpaired) electrons. The highest BCUT2D eigenvalue weighted by Crippen LogP contribution is 2.47. The Labute approximate surface area is 175 Å². The third-order valence-corrected chi connectivity index (χ3v) is 5.99. The molecule has 1 N–H and O–H groups in total. The van der Waals surface area contributed by atoms with Gasteiger partial charge in [-0.25, -0.2) is 4.79 Å². The fourth-order valence-corrected chi connectivity index (χ4v) is 4.41. The molecule has 4 nitrogen and oxygen atoms in total. The molecular weight excluding hydrogens is 397 g/mol. The quantitative estimate of drug-likeness (QED) is 0.647. The summed E-state index contributed by atoms with van der Waals surface area (Å²) in [4.78, 5) is 26.1. The van der Waals surface area contributed by atoms with Gasteiger partial charge in [-0.05, 0) is 42.9 Å². The number of ketones is 1. The molecule has 1 heterocycles. The predicted octanol–water partition coefficient (Wildman–Crippen LogP) is 5.55. The topological polar surface area (TPSA) is 55.4 Å². The lowest BCUT2D eigenvalue weighted by Crippen LogP contribution is -2.39. The Kier molecular flexibility index (Phi) is 5.92. The zero-order valence-electron chi connectivity index (χ0n) is 16.6. The maximum atomic E-state index is 13.2. The zero-order chi connectivity index (χ0) is 20.6. The van der Waals surface area contributed by atoms with E-state index < -0.39 is 11.9 Å². The minimum atomic E-state index is -0.511. The first-order chi connectivity index (χ1) is 13.2. The Balaban J connectivity index is 2.23. The second-order valence-corrected chi connectivity index (χ2v) is 8.85. The monoisotopic (exact) mass is 421 g/mol. The Morgan fingerprint density at radius 2 is 1.93 bits per heavy atom. The van der Waals surface area contributed by atoms with Crippen molar-refractivity contribution < 1.29 is 14.3 Å². The molecule has 1 aliphatic carbocycles. The van der Waals surface area contributed by atoms with E-state index in [1.54, 1.807) is 19.1 Å². The molecule has 150 valence electrons. The SMILES string of the molecule is CCOC(=O)C1=C(CC)NC2=C(C(=O)CC(C)(C)C2)[C@@H]1c1ccc(Cl)c(Cl)c1. The van der Waals surface area contributed by atoms with Crippen LogP contribution in [0.3, 0.4) is 0 Å². The maximum absolute atomic E-state index is 13.2. The van der Waals surface area contributed by atoms with Crippen molar-refractivity contribution in [3.8, 4) is 0 Å². The van der Waals surface area contributed by atoms with Gasteiger partial charge in [0.25, 0.3) is 0 Å². The molecule has 6 heteroatoms. The van der Waals surface area contributed by atoms with Crippen LogP contribution in [0.5, 0.6) is 0 Å². The largest absolute Gasteiger partial charge is 0.463 e. The number of hydrogen-bond acceptors (Lipinski definition) is 4. The molecule has 28 heavy (non-hydrogen) atoms. The van der Waals surface area contributed by atoms with Crippen LogP contribution in [-0.2, 0) is 14.3 Å². The van der Waals surface area contributed by atoms with Gasteiger partial charge in [0, 0.05) is 29.3 Å². The fraction of sp³-hybridized carbons (Fsp3) is 0.455. The van der Waals surface area contributed by atoms with Gasteiger partial charge in [0.1, 0.15) is 0 Å². The van der Waals surface area contributed by atoms with Crippen molar-refractivity contribution in [1.29, 1.82) is 0 Å². The molecule has 0 aromatic heterocycles. The van der Waals surface area contributed by atoms with Gasteiger partial charge in [-0.2, -0.15) is 0 Å². The summed E-state index contributed by atoms with van der Waals surface area (Å²) in [6, 6.07) is 5.27. The number of dihydropyridines is 1. The minimum absolute atomic E-state index is 0.0479. The maximum Gasteiger partial charge on any atom is 0.336 e. The first-order valence-electron chi connectivity index (χ1n) is 9.57. The van der Waals surface area contributed by atoms with E-state index in [9.17, 15) is 9.59 Å². The van der Waals surface area contributed by atoms with Crippen LogP contribution in [0.25, 0.3) is 0 Å². The Morgan fingerprint density at radius 3 is 2.54 bits per heavy atom. The molecule has 1 aromatic rings. The van der Waals surface area contributed by atoms with Gasteiger partial charge in [0.05, 0.1) is 22.2 Å². The summed E-state index contributed by atoms with van der Waals surface area (Å²) in [7, 11) is 0. The molecule has 2 aliphatic rings. The highest BCUT2D eigenvalue weighted by atomic mass is 35.5. The average molecular weight is 422 g/mol. The average Bonchev–Trinajstić information content (AvgIpc) is 2.61. The molecule has 1 aliphatic heterocycles. The van der Waals surface area contributed by atoms with E-state index in [0.717, 1.165) is 23.4 Å². The summed E-state index contributed by atoms with van der Waals surface area (Å²) in [5, 5.41) is 4.21. The predicted molar refractivity (Wildman–Crippen MR) is 111 cm³/mol. The number of esters is 1. The third-order valence-electron chi connectivity index (χ3n) is 5.25. The lowest BCUT2D eigenvalue weighted by Gasteiger charge is -2.40. The summed E-state index contributed by atoms with van der Waals surface area (Å²) < 4.78 is 5.35. The third kappa shape index (κ3) is 3.85. The fourth-order valence-electron chi connectivity index (χ4n) is 4.10. The van der Waals surface area contributed by atoms with Crippen molar-refractivity contribution in [2.24, 2.45) is 5.41 Å². The number of halogens is 2. The molecule has 0 fully saturated rings. The molecule has 1 aromatic carbocycles. The summed E-state index contributed by atoms with van der Waals surface area (Å²) in [5.74, 6) is -0.873. The van der Waals surface area contributed by atoms with Crippen LogP contribution in [0.4, 0.5) is 0 Å². The van der Waals surface area contributed by atoms with Crippen molar-refractivity contribution in [3.05, 3.63) is 56.3 Å². The van der Waals surface area contributed by atoms with Crippen LogP contribution in [-0.4, -0.2) is 18.4 Å². The smallest absolute Gasteiger partial charge is 0.336 e. The van der Waals surface area contributed by atoms with Crippen molar-refractivity contribution >= 4 is 35.0 Å². The number of benzene rings is 1. The second-order valence-electron chi connectivity index (χ2n) is 8.03. The molecule has 0 amide bonds. The summed E-state index contributed by atoms with van der Waals surface area (Å²) >= 11 is 12.4. The van der Waals surface area contributed by atoms with Crippen molar-refractivity contribution in [1.82, 2.24) is 5.32 Å². The van der Waals surface area contributed by atoms with Crippen molar-refractivity contribution in [2.45, 2.75) is 52.9 Å². The number of nitrogens with one attached hydrogen (secondary N) is 1. The van der Waals surface area contributed by atoms with Gasteiger partial charge in [-0.15, -0.1) is 0 Å². The highest BCUT2D eigenvalue weighted by Gasteiger charge is 2.43. The van der Waals surface area contributed by atoms with E-state index in [0.29, 0.717) is 34.0 Å². The van der Waals surface area contributed by atoms with Crippen molar-refractivity contribution in [2.75, 3.05) is 6.61 Å². The normalized spacial score (nSPS) is 21.4. The number of rotatable bonds is 4. The number of allylic oxidation sites excluding steroid dienone is 3. The van der Waals surface area contributed by atoms with Gasteiger partial charge in [-0.1, -0.05) is 50.0 Å². The number of Topliss-reactive ketones (excluding diaryl/α,β-unsaturated/α-hetero) is 1. The standard InChI is InChI=1S/C22H25Cl2NO3/c1-5-15-20(21(27)28-6-2)18(12-7-8-13(23)14(24)9-12)19-16(25-15)10-22(3,4)11-17(19)26/h7-9,18,25H,5-6,10-11H2,1-4H3/t18-/m0/s1. The molecule has 0 saturated carbocycles. The molecule has 1 atom stereocenters. The zero-order valence-corrected chi connectivity index (χ0v) is 18.1. The van der Waals surface area contributed by atoms with Crippen LogP contribution in [0.15, 0.2) is 40.7 Å². The first kappa shape index (κ1) is 20.9. The first-order valence-corrected chi connectivity index (χ1v) is 10.3. The molecular formula is C22H25Cl2NO3. The minimum Gasteiger partial charge on any atom is -0.463 e. The number of hydrogen-bond donors (Lipinski definition) is 1. The lowest BCUT2D eigenvalue weighted by molar-refractivity contribution is -0.138. The van der Waals surface area contributed by atoms with E-state index >= 15 is 0 Å². The molecule has 0 spiro atoms. The molecule has 0 unspecified atom stereocenters. The van der Waals surface area contributed by atoms with E-state index in [1.807, 2.05) is 13.0 Å². The summed E-state index contributed by atoms with van der Waals surface area (Å²) in [5.41, 5.74) is 3.43. The van der Waals surface area contributed by atoms with E-state index in [2.05, 4.69) is 19.2 Å². The van der Waals surface area contributed by atoms with Gasteiger partial charge in [0.2, 0.25) is 0 Å². The number of carbonyl (C=O) groups is 2. The van der Waals surface area contributed by atoms with Crippen LogP contribution < -0.4 is 5.32 Å². The van der Waals surface area contributed by atoms with E-state index in [-0.39, 0.29) is 17.8 Å². The van der Waals surface area contributed by atoms with Gasteiger partial charge in [-0.3, -0.25) is 4.79 Å². The van der Waals surface area contributed by atoms with Gasteiger partial charge < -0.3 is 10.1 Å². The van der Waals surface area contributed by atoms with Crippen LogP contribution in [0.2, 0.25) is 10.0 Å². The Hall–Kier alpha value is -1.78. The molecule has 3 rings (SSSR count). The van der Waals surface area contributed by atoms with E-state index in [1.165, 1.54) is 0 Å². The summed E-state index contributed by atoms with van der Waals surface area (Å²) in [6.07, 6.45) is 1.80. The van der Waals surface area contributed by atoms with Crippen LogP contribution in [0, 0.1) is 5.41 Å². The van der Waals surface area contributed by atoms with Gasteiger partial charge in [0.15, 0.2) is 5.78 Å². The number of ether oxygens (including phenoxy) is 1. The highest BCUT2D eigenvalue weighted by molar-refractivity contribution is 6.42. The summed E-state index contributed by atoms with van der Waals surface area (Å²) in [6.45, 7) is 8.18. The molecule has 0 saturated heterocycles. The Bertz CT molecular complexity index is 899. The molecule has 0 bridgehead atoms. The van der Waals surface area contributed by atoms with E-state index in [4.69, 9.17) is 27.9 Å². The van der Waals surface area contributed by atoms with Crippen LogP contribution in [0.1, 0.15) is 58.4 Å². The Morgan fingerprint density at radius 1 is 1.21 bits per heavy atom. The number of carbonyl (C=O) groups excluding carboxylic acids is 2. The van der Waals surface area contributed by atoms with Gasteiger partial charge >= 0.3 is 5.97 Å².